The number of quaternary nitrogens is 1. The Hall–Kier alpha value is -1.55. The maximum atomic E-state index is 12.8. The van der Waals surface area contributed by atoms with Gasteiger partial charge in [-0.15, -0.1) is 0 Å². The standard InChI is InChI=1S/C18H24NO3/c20-16(13-19-7-4-14(5-8-19)6-9-19)15-2-3-17-18(12-15)22-11-1-10-21-17/h2-3,12,14H,1,4-11,13H2/q+1. The van der Waals surface area contributed by atoms with Crippen LogP contribution >= 0.6 is 0 Å². The van der Waals surface area contributed by atoms with Gasteiger partial charge < -0.3 is 14.0 Å². The van der Waals surface area contributed by atoms with Gasteiger partial charge in [0, 0.05) is 12.0 Å². The number of ketones is 1. The number of ether oxygens (including phenoxy) is 2. The lowest BCUT2D eigenvalue weighted by Crippen LogP contribution is -2.60. The van der Waals surface area contributed by atoms with Crippen LogP contribution in [0.5, 0.6) is 11.5 Å². The van der Waals surface area contributed by atoms with Crippen molar-refractivity contribution in [3.63, 3.8) is 0 Å². The first kappa shape index (κ1) is 14.1. The first-order valence-corrected chi connectivity index (χ1v) is 8.52. The molecule has 0 spiro atoms. The number of piperidine rings is 3. The minimum Gasteiger partial charge on any atom is -0.490 e. The monoisotopic (exact) mass is 302 g/mol. The van der Waals surface area contributed by atoms with Crippen molar-refractivity contribution in [1.29, 1.82) is 0 Å². The van der Waals surface area contributed by atoms with Crippen molar-refractivity contribution in [2.24, 2.45) is 5.92 Å². The third kappa shape index (κ3) is 2.60. The predicted molar refractivity (Wildman–Crippen MR) is 83.4 cm³/mol. The zero-order valence-corrected chi connectivity index (χ0v) is 13.1. The first-order valence-electron chi connectivity index (χ1n) is 8.52. The molecule has 0 amide bonds. The fraction of sp³-hybridized carbons (Fsp3) is 0.611. The summed E-state index contributed by atoms with van der Waals surface area (Å²) in [6.07, 6.45) is 4.79. The molecule has 2 bridgehead atoms. The van der Waals surface area contributed by atoms with E-state index in [1.807, 2.05) is 18.2 Å². The topological polar surface area (TPSA) is 35.5 Å². The Morgan fingerprint density at radius 1 is 1.05 bits per heavy atom. The molecule has 22 heavy (non-hydrogen) atoms. The summed E-state index contributed by atoms with van der Waals surface area (Å²) in [5.41, 5.74) is 0.768. The van der Waals surface area contributed by atoms with Crippen LogP contribution in [0.25, 0.3) is 0 Å². The van der Waals surface area contributed by atoms with E-state index in [0.717, 1.165) is 33.9 Å². The van der Waals surface area contributed by atoms with Crippen LogP contribution < -0.4 is 9.47 Å². The Bertz CT molecular complexity index is 562. The largest absolute Gasteiger partial charge is 0.490 e. The van der Waals surface area contributed by atoms with E-state index in [2.05, 4.69) is 0 Å². The van der Waals surface area contributed by atoms with E-state index in [-0.39, 0.29) is 5.78 Å². The zero-order valence-electron chi connectivity index (χ0n) is 13.1. The third-order valence-corrected chi connectivity index (χ3v) is 5.58. The van der Waals surface area contributed by atoms with E-state index in [1.165, 1.54) is 38.9 Å². The Morgan fingerprint density at radius 3 is 2.45 bits per heavy atom. The lowest BCUT2D eigenvalue weighted by molar-refractivity contribution is -0.935. The van der Waals surface area contributed by atoms with Crippen LogP contribution in [-0.2, 0) is 0 Å². The van der Waals surface area contributed by atoms with Gasteiger partial charge >= 0.3 is 0 Å². The molecule has 0 atom stereocenters. The van der Waals surface area contributed by atoms with Gasteiger partial charge in [0.2, 0.25) is 5.78 Å². The molecule has 4 heteroatoms. The van der Waals surface area contributed by atoms with Crippen LogP contribution in [0, 0.1) is 5.92 Å². The van der Waals surface area contributed by atoms with E-state index in [9.17, 15) is 4.79 Å². The summed E-state index contributed by atoms with van der Waals surface area (Å²) < 4.78 is 12.4. The normalized spacial score (nSPS) is 29.9. The second kappa shape index (κ2) is 5.58. The summed E-state index contributed by atoms with van der Waals surface area (Å²) in [6, 6.07) is 5.65. The van der Waals surface area contributed by atoms with Crippen molar-refractivity contribution in [3.05, 3.63) is 23.8 Å². The van der Waals surface area contributed by atoms with Crippen molar-refractivity contribution in [3.8, 4) is 11.5 Å². The molecule has 118 valence electrons. The van der Waals surface area contributed by atoms with Crippen LogP contribution in [0.3, 0.4) is 0 Å². The molecule has 0 aliphatic carbocycles. The van der Waals surface area contributed by atoms with Crippen molar-refractivity contribution in [2.75, 3.05) is 39.4 Å². The quantitative estimate of drug-likeness (QED) is 0.636. The van der Waals surface area contributed by atoms with Gasteiger partial charge in [-0.25, -0.2) is 0 Å². The molecule has 5 rings (SSSR count). The maximum absolute atomic E-state index is 12.8. The van der Waals surface area contributed by atoms with E-state index < -0.39 is 0 Å². The van der Waals surface area contributed by atoms with Crippen molar-refractivity contribution in [2.45, 2.75) is 25.7 Å². The molecule has 0 unspecified atom stereocenters. The smallest absolute Gasteiger partial charge is 0.217 e. The van der Waals surface area contributed by atoms with Crippen LogP contribution in [0.15, 0.2) is 18.2 Å². The number of nitrogens with zero attached hydrogens (tertiary/aromatic N) is 1. The number of carbonyl (C=O) groups excluding carboxylic acids is 1. The van der Waals surface area contributed by atoms with Gasteiger partial charge in [0.05, 0.1) is 32.8 Å². The van der Waals surface area contributed by atoms with Crippen molar-refractivity contribution in [1.82, 2.24) is 0 Å². The zero-order chi connectivity index (χ0) is 15.0. The number of hydrogen-bond acceptors (Lipinski definition) is 3. The lowest BCUT2D eigenvalue weighted by Gasteiger charge is -2.48. The predicted octanol–water partition coefficient (Wildman–Crippen LogP) is 2.66. The van der Waals surface area contributed by atoms with Gasteiger partial charge in [-0.1, -0.05) is 0 Å². The Labute approximate surface area is 131 Å². The molecule has 0 saturated carbocycles. The van der Waals surface area contributed by atoms with Crippen LogP contribution in [0.1, 0.15) is 36.0 Å². The third-order valence-electron chi connectivity index (χ3n) is 5.58. The molecule has 4 aliphatic rings. The minimum absolute atomic E-state index is 0.246. The Balaban J connectivity index is 1.51. The molecular weight excluding hydrogens is 278 g/mol. The average molecular weight is 302 g/mol. The Morgan fingerprint density at radius 2 is 1.73 bits per heavy atom. The number of hydrogen-bond donors (Lipinski definition) is 0. The second-order valence-electron chi connectivity index (χ2n) is 7.04. The molecule has 4 nitrogen and oxygen atoms in total. The Kier molecular flexibility index (Phi) is 3.57. The molecule has 0 N–H and O–H groups in total. The summed E-state index contributed by atoms with van der Waals surface area (Å²) in [5, 5.41) is 0. The highest BCUT2D eigenvalue weighted by Gasteiger charge is 2.41. The summed E-state index contributed by atoms with van der Waals surface area (Å²) in [4.78, 5) is 12.8. The fourth-order valence-electron chi connectivity index (χ4n) is 4.11. The number of fused-ring (bicyclic) bond motifs is 4. The van der Waals surface area contributed by atoms with Gasteiger partial charge in [0.25, 0.3) is 0 Å². The molecule has 1 aromatic carbocycles. The van der Waals surface area contributed by atoms with E-state index in [1.54, 1.807) is 0 Å². The van der Waals surface area contributed by atoms with Gasteiger partial charge in [0.1, 0.15) is 6.54 Å². The summed E-state index contributed by atoms with van der Waals surface area (Å²) in [6.45, 7) is 5.53. The number of Topliss-reactive ketones (excluding diaryl/α,β-unsaturated/α-hetero) is 1. The van der Waals surface area contributed by atoms with Crippen LogP contribution in [0.4, 0.5) is 0 Å². The number of carbonyl (C=O) groups is 1. The van der Waals surface area contributed by atoms with E-state index in [0.29, 0.717) is 19.8 Å². The molecule has 0 radical (unpaired) electrons. The summed E-state index contributed by atoms with van der Waals surface area (Å²) in [7, 11) is 0. The molecule has 1 aromatic rings. The highest BCUT2D eigenvalue weighted by Crippen LogP contribution is 2.34. The second-order valence-corrected chi connectivity index (χ2v) is 7.04. The number of rotatable bonds is 3. The van der Waals surface area contributed by atoms with E-state index >= 15 is 0 Å². The van der Waals surface area contributed by atoms with Crippen molar-refractivity contribution < 1.29 is 18.8 Å². The van der Waals surface area contributed by atoms with Crippen LogP contribution in [0.2, 0.25) is 0 Å². The molecule has 3 fully saturated rings. The highest BCUT2D eigenvalue weighted by molar-refractivity contribution is 5.97. The summed E-state index contributed by atoms with van der Waals surface area (Å²) >= 11 is 0. The van der Waals surface area contributed by atoms with E-state index in [4.69, 9.17) is 9.47 Å². The lowest BCUT2D eigenvalue weighted by atomic mass is 9.85. The van der Waals surface area contributed by atoms with Gasteiger partial charge in [-0.05, 0) is 43.4 Å². The minimum atomic E-state index is 0.246. The molecular formula is C18H24NO3+. The fourth-order valence-corrected chi connectivity index (χ4v) is 4.11. The molecule has 0 aromatic heterocycles. The molecule has 4 heterocycles. The maximum Gasteiger partial charge on any atom is 0.217 e. The molecule has 4 aliphatic heterocycles. The van der Waals surface area contributed by atoms with Crippen molar-refractivity contribution >= 4 is 5.78 Å². The average Bonchev–Trinajstić information content (AvgIpc) is 2.80. The molecule has 3 saturated heterocycles. The SMILES string of the molecule is O=C(C[N+]12CCC(CC1)CC2)c1ccc2c(c1)OCCCO2. The highest BCUT2D eigenvalue weighted by atomic mass is 16.5. The first-order chi connectivity index (χ1) is 10.7. The van der Waals surface area contributed by atoms with Gasteiger partial charge in [-0.2, -0.15) is 0 Å². The number of benzene rings is 1. The summed E-state index contributed by atoms with van der Waals surface area (Å²) in [5.74, 6) is 2.66. The van der Waals surface area contributed by atoms with Gasteiger partial charge in [-0.3, -0.25) is 4.79 Å². The van der Waals surface area contributed by atoms with Crippen LogP contribution in [-0.4, -0.2) is 49.7 Å². The van der Waals surface area contributed by atoms with Gasteiger partial charge in [0.15, 0.2) is 11.5 Å².